The number of hydrogen-bond donors (Lipinski definition) is 2. The van der Waals surface area contributed by atoms with E-state index in [1.165, 1.54) is 12.0 Å². The zero-order valence-corrected chi connectivity index (χ0v) is 14.8. The number of fused-ring (bicyclic) bond motifs is 1. The number of rotatable bonds is 2. The van der Waals surface area contributed by atoms with Gasteiger partial charge in [0.05, 0.1) is 0 Å². The van der Waals surface area contributed by atoms with Crippen molar-refractivity contribution in [1.82, 2.24) is 0 Å². The molecule has 0 saturated carbocycles. The molecule has 0 spiro atoms. The third kappa shape index (κ3) is 2.66. The topological polar surface area (TPSA) is 65.2 Å². The smallest absolute Gasteiger partial charge is 0.146 e. The van der Waals surface area contributed by atoms with Gasteiger partial charge in [0.1, 0.15) is 22.9 Å². The Morgan fingerprint density at radius 1 is 0.750 bits per heavy atom. The molecule has 2 aromatic rings. The molecule has 0 aliphatic heterocycles. The SMILES string of the molecule is Cc1c(C)c(C)c(N=Nc2c(O)ccc3c2CCCC3)c(O)c1C. The Kier molecular flexibility index (Phi) is 4.31. The first kappa shape index (κ1) is 16.5. The third-order valence-electron chi connectivity index (χ3n) is 5.35. The second-order valence-corrected chi connectivity index (χ2v) is 6.68. The van der Waals surface area contributed by atoms with E-state index >= 15 is 0 Å². The van der Waals surface area contributed by atoms with Crippen LogP contribution in [0.5, 0.6) is 11.5 Å². The number of phenols is 2. The minimum absolute atomic E-state index is 0.150. The molecule has 0 amide bonds. The minimum Gasteiger partial charge on any atom is -0.506 e. The molecule has 4 nitrogen and oxygen atoms in total. The maximum atomic E-state index is 10.5. The molecule has 2 aromatic carbocycles. The second kappa shape index (κ2) is 6.27. The van der Waals surface area contributed by atoms with E-state index in [-0.39, 0.29) is 11.5 Å². The highest BCUT2D eigenvalue weighted by Gasteiger charge is 2.18. The number of benzene rings is 2. The van der Waals surface area contributed by atoms with E-state index in [1.54, 1.807) is 6.07 Å². The molecule has 1 aliphatic rings. The van der Waals surface area contributed by atoms with Crippen LogP contribution >= 0.6 is 0 Å². The lowest BCUT2D eigenvalue weighted by atomic mass is 9.90. The third-order valence-corrected chi connectivity index (χ3v) is 5.35. The molecule has 0 bridgehead atoms. The molecule has 4 heteroatoms. The zero-order valence-electron chi connectivity index (χ0n) is 14.8. The molecule has 0 radical (unpaired) electrons. The molecule has 2 N–H and O–H groups in total. The van der Waals surface area contributed by atoms with Gasteiger partial charge >= 0.3 is 0 Å². The summed E-state index contributed by atoms with van der Waals surface area (Å²) in [6, 6.07) is 3.67. The van der Waals surface area contributed by atoms with Gasteiger partial charge in [0.15, 0.2) is 0 Å². The summed E-state index contributed by atoms with van der Waals surface area (Å²) in [6.45, 7) is 7.85. The first-order valence-electron chi connectivity index (χ1n) is 8.46. The van der Waals surface area contributed by atoms with Gasteiger partial charge in [-0.15, -0.1) is 10.2 Å². The van der Waals surface area contributed by atoms with Crippen molar-refractivity contribution in [3.8, 4) is 11.5 Å². The number of hydrogen-bond acceptors (Lipinski definition) is 4. The van der Waals surface area contributed by atoms with E-state index in [1.807, 2.05) is 33.8 Å². The van der Waals surface area contributed by atoms with Gasteiger partial charge in [-0.1, -0.05) is 6.07 Å². The quantitative estimate of drug-likeness (QED) is 0.703. The van der Waals surface area contributed by atoms with Crippen LogP contribution in [0.1, 0.15) is 46.2 Å². The summed E-state index contributed by atoms with van der Waals surface area (Å²) < 4.78 is 0. The van der Waals surface area contributed by atoms with Crippen LogP contribution in [0.25, 0.3) is 0 Å². The lowest BCUT2D eigenvalue weighted by molar-refractivity contribution is 0.469. The summed E-state index contributed by atoms with van der Waals surface area (Å²) in [5, 5.41) is 29.3. The molecular weight excluding hydrogens is 300 g/mol. The Hall–Kier alpha value is -2.36. The average Bonchev–Trinajstić information content (AvgIpc) is 2.59. The van der Waals surface area contributed by atoms with Crippen molar-refractivity contribution >= 4 is 11.4 Å². The Morgan fingerprint density at radius 2 is 1.38 bits per heavy atom. The highest BCUT2D eigenvalue weighted by atomic mass is 16.3. The molecule has 126 valence electrons. The largest absolute Gasteiger partial charge is 0.506 e. The van der Waals surface area contributed by atoms with Crippen LogP contribution in [0.15, 0.2) is 22.4 Å². The van der Waals surface area contributed by atoms with Crippen molar-refractivity contribution in [2.24, 2.45) is 10.2 Å². The van der Waals surface area contributed by atoms with Gasteiger partial charge in [0, 0.05) is 0 Å². The van der Waals surface area contributed by atoms with E-state index in [4.69, 9.17) is 0 Å². The molecule has 0 atom stereocenters. The van der Waals surface area contributed by atoms with E-state index < -0.39 is 0 Å². The van der Waals surface area contributed by atoms with Crippen LogP contribution in [-0.2, 0) is 12.8 Å². The summed E-state index contributed by atoms with van der Waals surface area (Å²) >= 11 is 0. The van der Waals surface area contributed by atoms with Crippen LogP contribution in [0.3, 0.4) is 0 Å². The van der Waals surface area contributed by atoms with Gasteiger partial charge in [-0.2, -0.15) is 0 Å². The fraction of sp³-hybridized carbons (Fsp3) is 0.400. The predicted molar refractivity (Wildman–Crippen MR) is 96.0 cm³/mol. The second-order valence-electron chi connectivity index (χ2n) is 6.68. The normalized spacial score (nSPS) is 14.2. The van der Waals surface area contributed by atoms with Crippen LogP contribution in [0.2, 0.25) is 0 Å². The lowest BCUT2D eigenvalue weighted by Gasteiger charge is -2.18. The number of nitrogens with zero attached hydrogens (tertiary/aromatic N) is 2. The van der Waals surface area contributed by atoms with Crippen LogP contribution in [0.4, 0.5) is 11.4 Å². The summed E-state index contributed by atoms with van der Waals surface area (Å²) in [5.74, 6) is 0.320. The minimum atomic E-state index is 0.150. The molecule has 0 aromatic heterocycles. The Labute approximate surface area is 142 Å². The van der Waals surface area contributed by atoms with E-state index in [0.717, 1.165) is 47.1 Å². The van der Waals surface area contributed by atoms with Gasteiger partial charge in [-0.3, -0.25) is 0 Å². The molecule has 3 rings (SSSR count). The van der Waals surface area contributed by atoms with E-state index in [2.05, 4.69) is 10.2 Å². The molecule has 0 saturated heterocycles. The number of aromatic hydroxyl groups is 2. The molecular formula is C20H24N2O2. The average molecular weight is 324 g/mol. The zero-order chi connectivity index (χ0) is 17.4. The lowest BCUT2D eigenvalue weighted by Crippen LogP contribution is -2.02. The van der Waals surface area contributed by atoms with E-state index in [9.17, 15) is 10.2 Å². The molecule has 0 heterocycles. The summed E-state index contributed by atoms with van der Waals surface area (Å²) in [4.78, 5) is 0. The fourth-order valence-corrected chi connectivity index (χ4v) is 3.40. The van der Waals surface area contributed by atoms with Gasteiger partial charge in [-0.25, -0.2) is 0 Å². The Bertz CT molecular complexity index is 809. The predicted octanol–water partition coefficient (Wildman–Crippen LogP) is 5.63. The molecule has 0 unspecified atom stereocenters. The first-order valence-corrected chi connectivity index (χ1v) is 8.46. The summed E-state index contributed by atoms with van der Waals surface area (Å²) in [5.41, 5.74) is 7.29. The van der Waals surface area contributed by atoms with Crippen molar-refractivity contribution in [3.63, 3.8) is 0 Å². The van der Waals surface area contributed by atoms with Crippen LogP contribution in [0, 0.1) is 27.7 Å². The molecule has 0 fully saturated rings. The van der Waals surface area contributed by atoms with Crippen molar-refractivity contribution in [2.75, 3.05) is 0 Å². The summed E-state index contributed by atoms with van der Waals surface area (Å²) in [6.07, 6.45) is 4.21. The highest BCUT2D eigenvalue weighted by Crippen LogP contribution is 2.42. The van der Waals surface area contributed by atoms with Gasteiger partial charge < -0.3 is 10.2 Å². The van der Waals surface area contributed by atoms with Gasteiger partial charge in [-0.05, 0) is 92.8 Å². The summed E-state index contributed by atoms with van der Waals surface area (Å²) in [7, 11) is 0. The van der Waals surface area contributed by atoms with Crippen molar-refractivity contribution in [3.05, 3.63) is 45.5 Å². The standard InChI is InChI=1S/C20H24N2O2/c1-11-12(2)14(4)20(24)18(13(11)3)21-22-19-16-8-6-5-7-15(16)9-10-17(19)23/h9-10,23-24H,5-8H2,1-4H3. The molecule has 24 heavy (non-hydrogen) atoms. The van der Waals surface area contributed by atoms with Crippen molar-refractivity contribution in [2.45, 2.75) is 53.4 Å². The Balaban J connectivity index is 2.11. The number of aryl methyl sites for hydroxylation is 1. The van der Waals surface area contributed by atoms with E-state index in [0.29, 0.717) is 11.4 Å². The number of phenolic OH excluding ortho intramolecular Hbond substituents is 2. The molecule has 1 aliphatic carbocycles. The fourth-order valence-electron chi connectivity index (χ4n) is 3.40. The maximum Gasteiger partial charge on any atom is 0.146 e. The highest BCUT2D eigenvalue weighted by molar-refractivity contribution is 5.66. The first-order chi connectivity index (χ1) is 11.4. The van der Waals surface area contributed by atoms with Gasteiger partial charge in [0.2, 0.25) is 0 Å². The monoisotopic (exact) mass is 324 g/mol. The van der Waals surface area contributed by atoms with Crippen LogP contribution < -0.4 is 0 Å². The van der Waals surface area contributed by atoms with Crippen molar-refractivity contribution in [1.29, 1.82) is 0 Å². The van der Waals surface area contributed by atoms with Gasteiger partial charge in [0.25, 0.3) is 0 Å². The van der Waals surface area contributed by atoms with Crippen LogP contribution in [-0.4, -0.2) is 10.2 Å². The van der Waals surface area contributed by atoms with Crippen molar-refractivity contribution < 1.29 is 10.2 Å². The maximum absolute atomic E-state index is 10.5. The number of azo groups is 1. The Morgan fingerprint density at radius 3 is 2.12 bits per heavy atom.